The lowest BCUT2D eigenvalue weighted by Gasteiger charge is -2.36. The van der Waals surface area contributed by atoms with Gasteiger partial charge in [-0.15, -0.1) is 0 Å². The number of methoxy groups -OCH3 is 1. The first-order valence-electron chi connectivity index (χ1n) is 8.73. The first kappa shape index (κ1) is 18.4. The van der Waals surface area contributed by atoms with Crippen molar-refractivity contribution in [1.82, 2.24) is 10.2 Å². The molecule has 1 fully saturated rings. The molecule has 0 bridgehead atoms. The Morgan fingerprint density at radius 3 is 2.46 bits per heavy atom. The minimum Gasteiger partial charge on any atom is -0.495 e. The summed E-state index contributed by atoms with van der Waals surface area (Å²) < 4.78 is 5.43. The first-order chi connectivity index (χ1) is 12.6. The van der Waals surface area contributed by atoms with Crippen molar-refractivity contribution in [2.24, 2.45) is 0 Å². The van der Waals surface area contributed by atoms with Gasteiger partial charge in [-0.3, -0.25) is 0 Å². The maximum Gasteiger partial charge on any atom is 0.317 e. The van der Waals surface area contributed by atoms with Gasteiger partial charge in [0.15, 0.2) is 0 Å². The van der Waals surface area contributed by atoms with Crippen LogP contribution in [0.3, 0.4) is 0 Å². The lowest BCUT2D eigenvalue weighted by Crippen LogP contribution is -2.51. The molecule has 1 aliphatic rings. The number of carbonyl (C=O) groups is 1. The third kappa shape index (κ3) is 4.41. The number of urea groups is 1. The van der Waals surface area contributed by atoms with Crippen LogP contribution in [0.2, 0.25) is 5.02 Å². The molecule has 0 unspecified atom stereocenters. The zero-order chi connectivity index (χ0) is 18.5. The summed E-state index contributed by atoms with van der Waals surface area (Å²) in [5, 5.41) is 3.68. The normalized spacial score (nSPS) is 14.3. The van der Waals surface area contributed by atoms with Gasteiger partial charge in [0.2, 0.25) is 0 Å². The summed E-state index contributed by atoms with van der Waals surface area (Å²) in [6.07, 6.45) is 0. The van der Waals surface area contributed by atoms with Crippen LogP contribution < -0.4 is 15.0 Å². The van der Waals surface area contributed by atoms with Gasteiger partial charge in [-0.1, -0.05) is 41.4 Å². The smallest absolute Gasteiger partial charge is 0.317 e. The van der Waals surface area contributed by atoms with Gasteiger partial charge in [0.1, 0.15) is 5.75 Å². The Hall–Kier alpha value is -2.40. The number of anilines is 1. The van der Waals surface area contributed by atoms with Crippen molar-refractivity contribution < 1.29 is 9.53 Å². The topological polar surface area (TPSA) is 44.8 Å². The molecule has 2 aromatic rings. The van der Waals surface area contributed by atoms with Crippen molar-refractivity contribution in [3.63, 3.8) is 0 Å². The van der Waals surface area contributed by atoms with E-state index in [2.05, 4.69) is 29.3 Å². The number of amides is 2. The van der Waals surface area contributed by atoms with Crippen molar-refractivity contribution in [3.05, 3.63) is 58.6 Å². The second-order valence-corrected chi connectivity index (χ2v) is 6.87. The SMILES string of the molecule is COc1ccc(Cl)cc1N1CCN(C(=O)NCc2ccc(C)cc2)CC1. The minimum absolute atomic E-state index is 0.0247. The molecule has 1 aliphatic heterocycles. The van der Waals surface area contributed by atoms with E-state index < -0.39 is 0 Å². The van der Waals surface area contributed by atoms with Gasteiger partial charge in [-0.25, -0.2) is 4.79 Å². The molecule has 1 N–H and O–H groups in total. The fraction of sp³-hybridized carbons (Fsp3) is 0.350. The first-order valence-corrected chi connectivity index (χ1v) is 9.11. The summed E-state index contributed by atoms with van der Waals surface area (Å²) in [5.74, 6) is 0.798. The van der Waals surface area contributed by atoms with E-state index in [1.54, 1.807) is 7.11 Å². The lowest BCUT2D eigenvalue weighted by atomic mass is 10.1. The Morgan fingerprint density at radius 2 is 1.81 bits per heavy atom. The highest BCUT2D eigenvalue weighted by molar-refractivity contribution is 6.30. The molecule has 2 aromatic carbocycles. The third-order valence-corrected chi connectivity index (χ3v) is 4.85. The van der Waals surface area contributed by atoms with Crippen LogP contribution >= 0.6 is 11.6 Å². The Bertz CT molecular complexity index is 756. The molecule has 0 saturated carbocycles. The van der Waals surface area contributed by atoms with E-state index in [0.29, 0.717) is 24.7 Å². The number of rotatable bonds is 4. The fourth-order valence-electron chi connectivity index (χ4n) is 3.06. The van der Waals surface area contributed by atoms with Crippen LogP contribution in [0.25, 0.3) is 0 Å². The Balaban J connectivity index is 1.54. The number of benzene rings is 2. The lowest BCUT2D eigenvalue weighted by molar-refractivity contribution is 0.194. The average Bonchev–Trinajstić information content (AvgIpc) is 2.67. The van der Waals surface area contributed by atoms with Crippen LogP contribution in [0, 0.1) is 6.92 Å². The highest BCUT2D eigenvalue weighted by atomic mass is 35.5. The predicted octanol–water partition coefficient (Wildman–Crippen LogP) is 3.69. The third-order valence-electron chi connectivity index (χ3n) is 4.61. The summed E-state index contributed by atoms with van der Waals surface area (Å²) in [4.78, 5) is 16.5. The molecular weight excluding hydrogens is 350 g/mol. The van der Waals surface area contributed by atoms with E-state index >= 15 is 0 Å². The highest BCUT2D eigenvalue weighted by Gasteiger charge is 2.23. The van der Waals surface area contributed by atoms with Gasteiger partial charge in [-0.05, 0) is 30.7 Å². The van der Waals surface area contributed by atoms with Crippen molar-refractivity contribution >= 4 is 23.3 Å². The molecule has 26 heavy (non-hydrogen) atoms. The average molecular weight is 374 g/mol. The van der Waals surface area contributed by atoms with Crippen molar-refractivity contribution in [1.29, 1.82) is 0 Å². The quantitative estimate of drug-likeness (QED) is 0.889. The highest BCUT2D eigenvalue weighted by Crippen LogP contribution is 2.31. The molecule has 2 amide bonds. The predicted molar refractivity (Wildman–Crippen MR) is 105 cm³/mol. The van der Waals surface area contributed by atoms with Gasteiger partial charge in [-0.2, -0.15) is 0 Å². The van der Waals surface area contributed by atoms with Crippen LogP contribution in [-0.4, -0.2) is 44.2 Å². The maximum absolute atomic E-state index is 12.4. The van der Waals surface area contributed by atoms with Gasteiger partial charge >= 0.3 is 6.03 Å². The van der Waals surface area contributed by atoms with Gasteiger partial charge in [0.05, 0.1) is 12.8 Å². The molecule has 138 valence electrons. The molecule has 5 nitrogen and oxygen atoms in total. The molecule has 0 aromatic heterocycles. The second kappa shape index (κ2) is 8.32. The van der Waals surface area contributed by atoms with E-state index in [0.717, 1.165) is 30.1 Å². The maximum atomic E-state index is 12.4. The number of hydrogen-bond donors (Lipinski definition) is 1. The number of ether oxygens (including phenoxy) is 1. The van der Waals surface area contributed by atoms with Crippen LogP contribution in [-0.2, 0) is 6.54 Å². The zero-order valence-corrected chi connectivity index (χ0v) is 15.9. The monoisotopic (exact) mass is 373 g/mol. The van der Waals surface area contributed by atoms with Crippen LogP contribution in [0.4, 0.5) is 10.5 Å². The van der Waals surface area contributed by atoms with Crippen molar-refractivity contribution in [3.8, 4) is 5.75 Å². The van der Waals surface area contributed by atoms with Crippen LogP contribution in [0.5, 0.6) is 5.75 Å². The van der Waals surface area contributed by atoms with E-state index in [4.69, 9.17) is 16.3 Å². The number of piperazine rings is 1. The molecular formula is C20H24ClN3O2. The summed E-state index contributed by atoms with van der Waals surface area (Å²) in [6, 6.07) is 13.8. The number of nitrogens with zero attached hydrogens (tertiary/aromatic N) is 2. The Morgan fingerprint density at radius 1 is 1.12 bits per heavy atom. The summed E-state index contributed by atoms with van der Waals surface area (Å²) in [6.45, 7) is 5.41. The summed E-state index contributed by atoms with van der Waals surface area (Å²) in [7, 11) is 1.65. The van der Waals surface area contributed by atoms with Gasteiger partial charge in [0.25, 0.3) is 0 Å². The van der Waals surface area contributed by atoms with Crippen LogP contribution in [0.1, 0.15) is 11.1 Å². The largest absolute Gasteiger partial charge is 0.495 e. The van der Waals surface area contributed by atoms with Crippen molar-refractivity contribution in [2.75, 3.05) is 38.2 Å². The molecule has 6 heteroatoms. The van der Waals surface area contributed by atoms with Crippen molar-refractivity contribution in [2.45, 2.75) is 13.5 Å². The number of aryl methyl sites for hydroxylation is 1. The number of nitrogens with one attached hydrogen (secondary N) is 1. The molecule has 0 aliphatic carbocycles. The van der Waals surface area contributed by atoms with E-state index in [-0.39, 0.29) is 6.03 Å². The zero-order valence-electron chi connectivity index (χ0n) is 15.2. The number of carbonyl (C=O) groups excluding carboxylic acids is 1. The molecule has 1 heterocycles. The Kier molecular flexibility index (Phi) is 5.89. The Labute approximate surface area is 159 Å². The van der Waals surface area contributed by atoms with E-state index in [9.17, 15) is 4.79 Å². The van der Waals surface area contributed by atoms with E-state index in [1.165, 1.54) is 5.56 Å². The number of halogens is 1. The van der Waals surface area contributed by atoms with Gasteiger partial charge < -0.3 is 19.9 Å². The van der Waals surface area contributed by atoms with Crippen LogP contribution in [0.15, 0.2) is 42.5 Å². The fourth-order valence-corrected chi connectivity index (χ4v) is 3.22. The summed E-state index contributed by atoms with van der Waals surface area (Å²) in [5.41, 5.74) is 3.29. The minimum atomic E-state index is -0.0247. The van der Waals surface area contributed by atoms with E-state index in [1.807, 2.05) is 35.2 Å². The molecule has 0 radical (unpaired) electrons. The standard InChI is InChI=1S/C20H24ClN3O2/c1-15-3-5-16(6-4-15)14-22-20(25)24-11-9-23(10-12-24)18-13-17(21)7-8-19(18)26-2/h3-8,13H,9-12,14H2,1-2H3,(H,22,25). The van der Waals surface area contributed by atoms with Gasteiger partial charge in [0, 0.05) is 37.7 Å². The molecule has 1 saturated heterocycles. The molecule has 0 spiro atoms. The summed E-state index contributed by atoms with van der Waals surface area (Å²) >= 11 is 6.12. The molecule has 0 atom stereocenters. The number of hydrogen-bond acceptors (Lipinski definition) is 3. The second-order valence-electron chi connectivity index (χ2n) is 6.43. The molecule has 3 rings (SSSR count).